The van der Waals surface area contributed by atoms with Crippen molar-refractivity contribution in [1.82, 2.24) is 20.5 Å². The van der Waals surface area contributed by atoms with E-state index >= 15 is 0 Å². The molecule has 0 atom stereocenters. The Balaban J connectivity index is 1.58. The predicted molar refractivity (Wildman–Crippen MR) is 89.6 cm³/mol. The molecule has 124 valence electrons. The second-order valence-corrected chi connectivity index (χ2v) is 5.75. The first-order valence-electron chi connectivity index (χ1n) is 7.78. The molecule has 0 bridgehead atoms. The quantitative estimate of drug-likeness (QED) is 0.792. The summed E-state index contributed by atoms with van der Waals surface area (Å²) in [7, 11) is 1.65. The number of aromatic nitrogens is 3. The Morgan fingerprint density at radius 2 is 2.08 bits per heavy atom. The van der Waals surface area contributed by atoms with Gasteiger partial charge in [0.2, 0.25) is 5.91 Å². The molecule has 0 unspecified atom stereocenters. The molecule has 7 heteroatoms. The molecule has 7 nitrogen and oxygen atoms in total. The fourth-order valence-electron chi connectivity index (χ4n) is 2.28. The predicted octanol–water partition coefficient (Wildman–Crippen LogP) is 1.76. The van der Waals surface area contributed by atoms with Gasteiger partial charge in [-0.2, -0.15) is 5.10 Å². The molecule has 1 aromatic carbocycles. The standard InChI is InChI=1S/C17H19N5O2/c1-3-15(23)22(2)13-8-6-12(7-9-13)17(24)18-10-14-19-16(21-20-14)11-4-5-11/h3,6-9,11H,1,4-5,10H2,2H3,(H,18,24)(H,19,20,21). The molecule has 1 saturated carbocycles. The van der Waals surface area contributed by atoms with Crippen molar-refractivity contribution in [1.29, 1.82) is 0 Å². The SMILES string of the molecule is C=CC(=O)N(C)c1ccc(C(=O)NCc2nc(C3CC3)n[nH]2)cc1. The number of H-pyrrole nitrogens is 1. The van der Waals surface area contributed by atoms with Crippen LogP contribution in [0.4, 0.5) is 5.69 Å². The van der Waals surface area contributed by atoms with Crippen molar-refractivity contribution < 1.29 is 9.59 Å². The number of amides is 2. The molecule has 24 heavy (non-hydrogen) atoms. The summed E-state index contributed by atoms with van der Waals surface area (Å²) < 4.78 is 0. The summed E-state index contributed by atoms with van der Waals surface area (Å²) >= 11 is 0. The molecule has 0 aliphatic heterocycles. The lowest BCUT2D eigenvalue weighted by molar-refractivity contribution is -0.113. The van der Waals surface area contributed by atoms with E-state index in [0.717, 1.165) is 18.7 Å². The first-order valence-corrected chi connectivity index (χ1v) is 7.78. The molecule has 0 spiro atoms. The molecular weight excluding hydrogens is 306 g/mol. The number of carbonyl (C=O) groups is 2. The van der Waals surface area contributed by atoms with Crippen molar-refractivity contribution in [2.45, 2.75) is 25.3 Å². The maximum absolute atomic E-state index is 12.2. The average molecular weight is 325 g/mol. The minimum Gasteiger partial charge on any atom is -0.345 e. The third-order valence-electron chi connectivity index (χ3n) is 3.93. The maximum Gasteiger partial charge on any atom is 0.251 e. The van der Waals surface area contributed by atoms with Crippen LogP contribution in [-0.4, -0.2) is 34.0 Å². The first kappa shape index (κ1) is 15.9. The number of carbonyl (C=O) groups excluding carboxylic acids is 2. The van der Waals surface area contributed by atoms with E-state index in [9.17, 15) is 9.59 Å². The molecular formula is C17H19N5O2. The van der Waals surface area contributed by atoms with Gasteiger partial charge in [-0.1, -0.05) is 6.58 Å². The zero-order valence-electron chi connectivity index (χ0n) is 13.5. The normalized spacial score (nSPS) is 13.4. The zero-order valence-corrected chi connectivity index (χ0v) is 13.5. The minimum atomic E-state index is -0.205. The molecule has 1 aliphatic rings. The van der Waals surface area contributed by atoms with Gasteiger partial charge in [-0.25, -0.2) is 4.98 Å². The number of aromatic amines is 1. The minimum absolute atomic E-state index is 0.205. The Morgan fingerprint density at radius 3 is 2.71 bits per heavy atom. The molecule has 1 fully saturated rings. The molecule has 0 saturated heterocycles. The van der Waals surface area contributed by atoms with Gasteiger partial charge in [0.15, 0.2) is 5.82 Å². The van der Waals surface area contributed by atoms with E-state index in [2.05, 4.69) is 27.1 Å². The molecule has 1 aromatic heterocycles. The lowest BCUT2D eigenvalue weighted by Gasteiger charge is -2.15. The first-order chi connectivity index (χ1) is 11.6. The number of benzene rings is 1. The van der Waals surface area contributed by atoms with Crippen LogP contribution in [0.2, 0.25) is 0 Å². The van der Waals surface area contributed by atoms with Crippen molar-refractivity contribution in [2.75, 3.05) is 11.9 Å². The Bertz CT molecular complexity index is 762. The third kappa shape index (κ3) is 3.51. The third-order valence-corrected chi connectivity index (χ3v) is 3.93. The Labute approximate surface area is 139 Å². The van der Waals surface area contributed by atoms with Crippen LogP contribution < -0.4 is 10.2 Å². The van der Waals surface area contributed by atoms with E-state index < -0.39 is 0 Å². The van der Waals surface area contributed by atoms with Crippen LogP contribution in [0.25, 0.3) is 0 Å². The smallest absolute Gasteiger partial charge is 0.251 e. The van der Waals surface area contributed by atoms with Gasteiger partial charge < -0.3 is 10.2 Å². The molecule has 0 radical (unpaired) electrons. The topological polar surface area (TPSA) is 91.0 Å². The summed E-state index contributed by atoms with van der Waals surface area (Å²) in [6.07, 6.45) is 3.52. The summed E-state index contributed by atoms with van der Waals surface area (Å²) in [5.74, 6) is 1.55. The monoisotopic (exact) mass is 325 g/mol. The van der Waals surface area contributed by atoms with Crippen LogP contribution in [-0.2, 0) is 11.3 Å². The molecule has 2 aromatic rings. The zero-order chi connectivity index (χ0) is 17.1. The number of likely N-dealkylation sites (N-methyl/N-ethyl adjacent to an activating group) is 1. The molecule has 3 rings (SSSR count). The van der Waals surface area contributed by atoms with Gasteiger partial charge >= 0.3 is 0 Å². The van der Waals surface area contributed by atoms with Crippen LogP contribution >= 0.6 is 0 Å². The summed E-state index contributed by atoms with van der Waals surface area (Å²) in [5, 5.41) is 9.80. The van der Waals surface area contributed by atoms with E-state index in [1.54, 1.807) is 31.3 Å². The highest BCUT2D eigenvalue weighted by atomic mass is 16.2. The fraction of sp³-hybridized carbons (Fsp3) is 0.294. The highest BCUT2D eigenvalue weighted by molar-refractivity contribution is 6.01. The molecule has 2 N–H and O–H groups in total. The largest absolute Gasteiger partial charge is 0.345 e. The van der Waals surface area contributed by atoms with E-state index in [4.69, 9.17) is 0 Å². The summed E-state index contributed by atoms with van der Waals surface area (Å²) in [6, 6.07) is 6.78. The van der Waals surface area contributed by atoms with Crippen LogP contribution in [0.5, 0.6) is 0 Å². The highest BCUT2D eigenvalue weighted by Crippen LogP contribution is 2.37. The lowest BCUT2D eigenvalue weighted by atomic mass is 10.2. The number of rotatable bonds is 6. The fourth-order valence-corrected chi connectivity index (χ4v) is 2.28. The number of anilines is 1. The Kier molecular flexibility index (Phi) is 4.41. The maximum atomic E-state index is 12.2. The molecule has 1 aliphatic carbocycles. The Hall–Kier alpha value is -2.96. The number of hydrogen-bond donors (Lipinski definition) is 2. The Morgan fingerprint density at radius 1 is 1.38 bits per heavy atom. The van der Waals surface area contributed by atoms with Crippen LogP contribution in [0.15, 0.2) is 36.9 Å². The average Bonchev–Trinajstić information content (AvgIpc) is 3.37. The highest BCUT2D eigenvalue weighted by Gasteiger charge is 2.27. The van der Waals surface area contributed by atoms with Crippen molar-refractivity contribution in [3.8, 4) is 0 Å². The van der Waals surface area contributed by atoms with Gasteiger partial charge in [0.05, 0.1) is 6.54 Å². The van der Waals surface area contributed by atoms with Crippen molar-refractivity contribution in [3.63, 3.8) is 0 Å². The van der Waals surface area contributed by atoms with Gasteiger partial charge in [-0.3, -0.25) is 14.7 Å². The van der Waals surface area contributed by atoms with Gasteiger partial charge in [-0.15, -0.1) is 0 Å². The van der Waals surface area contributed by atoms with Crippen LogP contribution in [0, 0.1) is 0 Å². The van der Waals surface area contributed by atoms with Crippen molar-refractivity contribution >= 4 is 17.5 Å². The lowest BCUT2D eigenvalue weighted by Crippen LogP contribution is -2.25. The van der Waals surface area contributed by atoms with E-state index in [-0.39, 0.29) is 11.8 Å². The number of nitrogens with one attached hydrogen (secondary N) is 2. The van der Waals surface area contributed by atoms with Gasteiger partial charge in [-0.05, 0) is 43.2 Å². The van der Waals surface area contributed by atoms with E-state index in [0.29, 0.717) is 29.5 Å². The summed E-state index contributed by atoms with van der Waals surface area (Å²) in [4.78, 5) is 29.6. The van der Waals surface area contributed by atoms with E-state index in [1.807, 2.05) is 0 Å². The van der Waals surface area contributed by atoms with Crippen LogP contribution in [0.1, 0.15) is 40.8 Å². The van der Waals surface area contributed by atoms with Gasteiger partial charge in [0, 0.05) is 24.2 Å². The van der Waals surface area contributed by atoms with Gasteiger partial charge in [0.25, 0.3) is 5.91 Å². The van der Waals surface area contributed by atoms with Crippen molar-refractivity contribution in [2.24, 2.45) is 0 Å². The summed E-state index contributed by atoms with van der Waals surface area (Å²) in [6.45, 7) is 3.75. The second kappa shape index (κ2) is 6.66. The molecule has 2 amide bonds. The van der Waals surface area contributed by atoms with Gasteiger partial charge in [0.1, 0.15) is 5.82 Å². The second-order valence-electron chi connectivity index (χ2n) is 5.75. The molecule has 1 heterocycles. The van der Waals surface area contributed by atoms with Crippen molar-refractivity contribution in [3.05, 3.63) is 54.1 Å². The summed E-state index contributed by atoms with van der Waals surface area (Å²) in [5.41, 5.74) is 1.21. The van der Waals surface area contributed by atoms with Crippen LogP contribution in [0.3, 0.4) is 0 Å². The number of hydrogen-bond acceptors (Lipinski definition) is 4. The van der Waals surface area contributed by atoms with E-state index in [1.165, 1.54) is 11.0 Å². The number of nitrogens with zero attached hydrogens (tertiary/aromatic N) is 3.